The van der Waals surface area contributed by atoms with E-state index >= 15 is 0 Å². The number of hydrogen-bond acceptors (Lipinski definition) is 4. The van der Waals surface area contributed by atoms with Gasteiger partial charge in [0, 0.05) is 38.8 Å². The fraction of sp³-hybridized carbons (Fsp3) is 0.450. The molecule has 5 heteroatoms. The maximum absolute atomic E-state index is 10.8. The van der Waals surface area contributed by atoms with Crippen molar-refractivity contribution in [2.75, 3.05) is 39.3 Å². The Balaban J connectivity index is 2.45. The van der Waals surface area contributed by atoms with Gasteiger partial charge in [-0.15, -0.1) is 13.2 Å². The van der Waals surface area contributed by atoms with Crippen LogP contribution in [-0.2, 0) is 0 Å². The minimum Gasteiger partial charge on any atom is -0.492 e. The number of ether oxygens (including phenoxy) is 1. The minimum absolute atomic E-state index is 0.265. The summed E-state index contributed by atoms with van der Waals surface area (Å²) in [5.41, 5.74) is 0.265. The second-order valence-corrected chi connectivity index (χ2v) is 6.14. The maximum Gasteiger partial charge on any atom is 0.335 e. The average molecular weight is 346 g/mol. The molecule has 1 N–H and O–H groups in total. The Morgan fingerprint density at radius 2 is 1.72 bits per heavy atom. The lowest BCUT2D eigenvalue weighted by atomic mass is 10.2. The zero-order valence-electron chi connectivity index (χ0n) is 15.4. The van der Waals surface area contributed by atoms with Gasteiger partial charge in [-0.25, -0.2) is 4.79 Å². The lowest BCUT2D eigenvalue weighted by Gasteiger charge is -2.29. The van der Waals surface area contributed by atoms with Gasteiger partial charge in [-0.3, -0.25) is 9.80 Å². The molecule has 0 aliphatic carbocycles. The highest BCUT2D eigenvalue weighted by Crippen LogP contribution is 2.12. The SMILES string of the molecule is C=CCN(CC=C)CCN(CCOc1ccc(C(=O)O)cc1)C(C)C. The van der Waals surface area contributed by atoms with Crippen LogP contribution in [0.3, 0.4) is 0 Å². The van der Waals surface area contributed by atoms with Crippen LogP contribution in [0.1, 0.15) is 24.2 Å². The van der Waals surface area contributed by atoms with Crippen molar-refractivity contribution >= 4 is 5.97 Å². The van der Waals surface area contributed by atoms with Crippen molar-refractivity contribution in [3.63, 3.8) is 0 Å². The lowest BCUT2D eigenvalue weighted by Crippen LogP contribution is -2.41. The fourth-order valence-corrected chi connectivity index (χ4v) is 2.49. The van der Waals surface area contributed by atoms with E-state index in [1.54, 1.807) is 24.3 Å². The van der Waals surface area contributed by atoms with Gasteiger partial charge in [0.1, 0.15) is 12.4 Å². The van der Waals surface area contributed by atoms with E-state index < -0.39 is 5.97 Å². The second-order valence-electron chi connectivity index (χ2n) is 6.14. The van der Waals surface area contributed by atoms with E-state index in [9.17, 15) is 4.79 Å². The molecular formula is C20H30N2O3. The first-order valence-electron chi connectivity index (χ1n) is 8.62. The molecule has 5 nitrogen and oxygen atoms in total. The molecule has 0 amide bonds. The highest BCUT2D eigenvalue weighted by Gasteiger charge is 2.11. The van der Waals surface area contributed by atoms with Gasteiger partial charge in [0.15, 0.2) is 0 Å². The Bertz CT molecular complexity index is 530. The van der Waals surface area contributed by atoms with Crippen LogP contribution < -0.4 is 4.74 Å². The topological polar surface area (TPSA) is 53.0 Å². The van der Waals surface area contributed by atoms with Crippen molar-refractivity contribution in [1.29, 1.82) is 0 Å². The summed E-state index contributed by atoms with van der Waals surface area (Å²) in [5.74, 6) is -0.241. The number of aromatic carboxylic acids is 1. The van der Waals surface area contributed by atoms with Crippen molar-refractivity contribution in [2.24, 2.45) is 0 Å². The molecule has 0 aliphatic rings. The molecule has 0 heterocycles. The van der Waals surface area contributed by atoms with Gasteiger partial charge in [0.2, 0.25) is 0 Å². The van der Waals surface area contributed by atoms with Crippen LogP contribution in [0.15, 0.2) is 49.6 Å². The predicted molar refractivity (Wildman–Crippen MR) is 102 cm³/mol. The van der Waals surface area contributed by atoms with Crippen molar-refractivity contribution < 1.29 is 14.6 Å². The molecule has 138 valence electrons. The van der Waals surface area contributed by atoms with Crippen molar-refractivity contribution in [3.05, 3.63) is 55.1 Å². The largest absolute Gasteiger partial charge is 0.492 e. The molecule has 0 atom stereocenters. The first kappa shape index (κ1) is 20.9. The van der Waals surface area contributed by atoms with E-state index in [-0.39, 0.29) is 5.56 Å². The lowest BCUT2D eigenvalue weighted by molar-refractivity contribution is 0.0697. The molecule has 0 bridgehead atoms. The smallest absolute Gasteiger partial charge is 0.335 e. The summed E-state index contributed by atoms with van der Waals surface area (Å²) in [7, 11) is 0. The van der Waals surface area contributed by atoms with Crippen molar-refractivity contribution in [2.45, 2.75) is 19.9 Å². The van der Waals surface area contributed by atoms with E-state index in [2.05, 4.69) is 36.8 Å². The van der Waals surface area contributed by atoms with Crippen LogP contribution >= 0.6 is 0 Å². The summed E-state index contributed by atoms with van der Waals surface area (Å²) in [6.45, 7) is 16.9. The Kier molecular flexibility index (Phi) is 9.58. The maximum atomic E-state index is 10.8. The number of hydrogen-bond donors (Lipinski definition) is 1. The highest BCUT2D eigenvalue weighted by atomic mass is 16.5. The third kappa shape index (κ3) is 8.01. The van der Waals surface area contributed by atoms with Crippen LogP contribution in [0.2, 0.25) is 0 Å². The molecule has 0 aromatic heterocycles. The zero-order valence-corrected chi connectivity index (χ0v) is 15.4. The molecule has 0 saturated carbocycles. The van der Waals surface area contributed by atoms with Gasteiger partial charge >= 0.3 is 5.97 Å². The minimum atomic E-state index is -0.930. The first-order valence-corrected chi connectivity index (χ1v) is 8.62. The molecule has 0 radical (unpaired) electrons. The van der Waals surface area contributed by atoms with Crippen LogP contribution in [-0.4, -0.2) is 66.2 Å². The van der Waals surface area contributed by atoms with Crippen molar-refractivity contribution in [3.8, 4) is 5.75 Å². The number of rotatable bonds is 13. The number of benzene rings is 1. The Morgan fingerprint density at radius 1 is 1.12 bits per heavy atom. The number of carboxylic acids is 1. The Morgan fingerprint density at radius 3 is 2.20 bits per heavy atom. The van der Waals surface area contributed by atoms with Gasteiger partial charge < -0.3 is 9.84 Å². The molecule has 0 saturated heterocycles. The first-order chi connectivity index (χ1) is 12.0. The van der Waals surface area contributed by atoms with Crippen LogP contribution in [0.5, 0.6) is 5.75 Å². The van der Waals surface area contributed by atoms with Gasteiger partial charge in [-0.1, -0.05) is 12.2 Å². The van der Waals surface area contributed by atoms with E-state index in [4.69, 9.17) is 9.84 Å². The van der Waals surface area contributed by atoms with Crippen LogP contribution in [0.4, 0.5) is 0 Å². The summed E-state index contributed by atoms with van der Waals surface area (Å²) < 4.78 is 5.74. The molecule has 25 heavy (non-hydrogen) atoms. The molecule has 0 fully saturated rings. The number of nitrogens with zero attached hydrogens (tertiary/aromatic N) is 2. The van der Waals surface area contributed by atoms with Gasteiger partial charge in [-0.2, -0.15) is 0 Å². The van der Waals surface area contributed by atoms with E-state index in [1.807, 2.05) is 12.2 Å². The van der Waals surface area contributed by atoms with E-state index in [0.29, 0.717) is 18.4 Å². The monoisotopic (exact) mass is 346 g/mol. The molecule has 1 aromatic carbocycles. The quantitative estimate of drug-likeness (QED) is 0.556. The standard InChI is InChI=1S/C20H30N2O3/c1-5-11-21(12-6-2)13-14-22(17(3)4)15-16-25-19-9-7-18(8-10-19)20(23)24/h5-10,17H,1-2,11-16H2,3-4H3,(H,23,24). The molecule has 0 spiro atoms. The Hall–Kier alpha value is -2.11. The van der Waals surface area contributed by atoms with Gasteiger partial charge in [0.25, 0.3) is 0 Å². The summed E-state index contributed by atoms with van der Waals surface area (Å²) in [5, 5.41) is 8.90. The summed E-state index contributed by atoms with van der Waals surface area (Å²) >= 11 is 0. The summed E-state index contributed by atoms with van der Waals surface area (Å²) in [6, 6.07) is 6.92. The third-order valence-corrected chi connectivity index (χ3v) is 3.96. The van der Waals surface area contributed by atoms with Crippen LogP contribution in [0, 0.1) is 0 Å². The normalized spacial score (nSPS) is 11.1. The van der Waals surface area contributed by atoms with Gasteiger partial charge in [0.05, 0.1) is 5.56 Å². The van der Waals surface area contributed by atoms with E-state index in [1.165, 1.54) is 0 Å². The fourth-order valence-electron chi connectivity index (χ4n) is 2.49. The zero-order chi connectivity index (χ0) is 18.7. The molecule has 1 rings (SSSR count). The number of carboxylic acid groups (broad SMARTS) is 1. The molecule has 0 aliphatic heterocycles. The average Bonchev–Trinajstić information content (AvgIpc) is 2.58. The summed E-state index contributed by atoms with van der Waals surface area (Å²) in [6.07, 6.45) is 3.82. The molecular weight excluding hydrogens is 316 g/mol. The van der Waals surface area contributed by atoms with Crippen LogP contribution in [0.25, 0.3) is 0 Å². The number of carbonyl (C=O) groups is 1. The molecule has 1 aromatic rings. The highest BCUT2D eigenvalue weighted by molar-refractivity contribution is 5.87. The van der Waals surface area contributed by atoms with E-state index in [0.717, 1.165) is 32.7 Å². The summed E-state index contributed by atoms with van der Waals surface area (Å²) in [4.78, 5) is 15.5. The van der Waals surface area contributed by atoms with Crippen molar-refractivity contribution in [1.82, 2.24) is 9.80 Å². The second kappa shape index (κ2) is 11.4. The third-order valence-electron chi connectivity index (χ3n) is 3.96. The Labute approximate surface area is 151 Å². The molecule has 0 unspecified atom stereocenters. The predicted octanol–water partition coefficient (Wildman–Crippen LogP) is 3.15. The van der Waals surface area contributed by atoms with Gasteiger partial charge in [-0.05, 0) is 38.1 Å².